The Morgan fingerprint density at radius 2 is 2.14 bits per heavy atom. The quantitative estimate of drug-likeness (QED) is 0.715. The SMILES string of the molecule is O=C1OCC(c2ccccc2Cl)C1O. The van der Waals surface area contributed by atoms with Gasteiger partial charge in [-0.3, -0.25) is 0 Å². The molecule has 0 bridgehead atoms. The standard InChI is InChI=1S/C10H9ClO3/c11-8-4-2-1-3-6(8)7-5-14-10(13)9(7)12/h1-4,7,9,12H,5H2. The highest BCUT2D eigenvalue weighted by Crippen LogP contribution is 2.31. The van der Waals surface area contributed by atoms with Crippen LogP contribution in [0.1, 0.15) is 11.5 Å². The predicted octanol–water partition coefficient (Wildman–Crippen LogP) is 1.34. The van der Waals surface area contributed by atoms with Crippen LogP contribution in [0.25, 0.3) is 0 Å². The number of aliphatic hydroxyl groups is 1. The molecule has 4 heteroatoms. The lowest BCUT2D eigenvalue weighted by Crippen LogP contribution is -2.20. The van der Waals surface area contributed by atoms with Crippen molar-refractivity contribution in [2.24, 2.45) is 0 Å². The third kappa shape index (κ3) is 1.49. The smallest absolute Gasteiger partial charge is 0.335 e. The molecular weight excluding hydrogens is 204 g/mol. The van der Waals surface area contributed by atoms with Gasteiger partial charge < -0.3 is 9.84 Å². The van der Waals surface area contributed by atoms with Gasteiger partial charge in [-0.05, 0) is 11.6 Å². The average molecular weight is 213 g/mol. The van der Waals surface area contributed by atoms with E-state index in [-0.39, 0.29) is 12.5 Å². The Hall–Kier alpha value is -1.06. The van der Waals surface area contributed by atoms with Crippen molar-refractivity contribution in [3.8, 4) is 0 Å². The molecule has 1 aromatic rings. The highest BCUT2D eigenvalue weighted by atomic mass is 35.5. The number of aliphatic hydroxyl groups excluding tert-OH is 1. The number of halogens is 1. The first-order valence-corrected chi connectivity index (χ1v) is 4.67. The van der Waals surface area contributed by atoms with Gasteiger partial charge in [-0.15, -0.1) is 0 Å². The second-order valence-electron chi connectivity index (χ2n) is 3.20. The van der Waals surface area contributed by atoms with Crippen LogP contribution < -0.4 is 0 Å². The number of esters is 1. The lowest BCUT2D eigenvalue weighted by atomic mass is 9.96. The summed E-state index contributed by atoms with van der Waals surface area (Å²) in [5.74, 6) is -0.911. The normalized spacial score (nSPS) is 26.3. The van der Waals surface area contributed by atoms with Crippen molar-refractivity contribution in [1.82, 2.24) is 0 Å². The van der Waals surface area contributed by atoms with Gasteiger partial charge in [-0.1, -0.05) is 29.8 Å². The number of rotatable bonds is 1. The van der Waals surface area contributed by atoms with Crippen LogP contribution in [0.3, 0.4) is 0 Å². The molecule has 2 unspecified atom stereocenters. The van der Waals surface area contributed by atoms with Gasteiger partial charge in [0.1, 0.15) is 6.61 Å². The topological polar surface area (TPSA) is 46.5 Å². The van der Waals surface area contributed by atoms with Gasteiger partial charge in [0, 0.05) is 5.02 Å². The molecule has 1 aromatic carbocycles. The van der Waals surface area contributed by atoms with Crippen molar-refractivity contribution in [2.45, 2.75) is 12.0 Å². The number of cyclic esters (lactones) is 1. The molecule has 0 saturated carbocycles. The summed E-state index contributed by atoms with van der Waals surface area (Å²) in [6.07, 6.45) is -1.09. The Morgan fingerprint density at radius 3 is 2.71 bits per heavy atom. The molecule has 1 fully saturated rings. The highest BCUT2D eigenvalue weighted by molar-refractivity contribution is 6.31. The fraction of sp³-hybridized carbons (Fsp3) is 0.300. The molecule has 1 aliphatic rings. The van der Waals surface area contributed by atoms with Crippen molar-refractivity contribution in [1.29, 1.82) is 0 Å². The zero-order valence-corrected chi connectivity index (χ0v) is 8.07. The fourth-order valence-electron chi connectivity index (χ4n) is 1.55. The van der Waals surface area contributed by atoms with Crippen LogP contribution in [0.5, 0.6) is 0 Å². The largest absolute Gasteiger partial charge is 0.463 e. The van der Waals surface area contributed by atoms with E-state index < -0.39 is 12.1 Å². The van der Waals surface area contributed by atoms with E-state index in [1.54, 1.807) is 18.2 Å². The Kier molecular flexibility index (Phi) is 2.44. The molecule has 74 valence electrons. The van der Waals surface area contributed by atoms with Crippen molar-refractivity contribution in [3.63, 3.8) is 0 Å². The molecule has 1 saturated heterocycles. The number of carbonyl (C=O) groups excluding carboxylic acids is 1. The molecular formula is C10H9ClO3. The first-order valence-electron chi connectivity index (χ1n) is 4.29. The minimum absolute atomic E-state index is 0.198. The predicted molar refractivity (Wildman–Crippen MR) is 51.2 cm³/mol. The summed E-state index contributed by atoms with van der Waals surface area (Å²) in [5.41, 5.74) is 0.757. The van der Waals surface area contributed by atoms with Crippen LogP contribution >= 0.6 is 11.6 Å². The second kappa shape index (κ2) is 3.59. The van der Waals surface area contributed by atoms with Crippen molar-refractivity contribution >= 4 is 17.6 Å². The Labute approximate surface area is 86.3 Å². The molecule has 0 amide bonds. The molecule has 3 nitrogen and oxygen atoms in total. The molecule has 1 heterocycles. The first kappa shape index (κ1) is 9.49. The summed E-state index contributed by atoms with van der Waals surface area (Å²) in [7, 11) is 0. The lowest BCUT2D eigenvalue weighted by Gasteiger charge is -2.11. The van der Waals surface area contributed by atoms with Crippen molar-refractivity contribution in [2.75, 3.05) is 6.61 Å². The molecule has 0 radical (unpaired) electrons. The first-order chi connectivity index (χ1) is 6.70. The van der Waals surface area contributed by atoms with E-state index in [9.17, 15) is 9.90 Å². The van der Waals surface area contributed by atoms with Gasteiger partial charge in [0.05, 0.1) is 5.92 Å². The summed E-state index contributed by atoms with van der Waals surface area (Å²) in [5, 5.41) is 10.1. The summed E-state index contributed by atoms with van der Waals surface area (Å²) in [6.45, 7) is 0.198. The fourth-order valence-corrected chi connectivity index (χ4v) is 1.82. The van der Waals surface area contributed by atoms with Crippen molar-refractivity contribution in [3.05, 3.63) is 34.9 Å². The lowest BCUT2D eigenvalue weighted by molar-refractivity contribution is -0.144. The number of hydrogen-bond acceptors (Lipinski definition) is 3. The summed E-state index contributed by atoms with van der Waals surface area (Å²) in [6, 6.07) is 7.14. The van der Waals surface area contributed by atoms with E-state index in [2.05, 4.69) is 0 Å². The van der Waals surface area contributed by atoms with Crippen LogP contribution in [0.4, 0.5) is 0 Å². The van der Waals surface area contributed by atoms with Gasteiger partial charge in [-0.25, -0.2) is 4.79 Å². The number of carbonyl (C=O) groups is 1. The maximum Gasteiger partial charge on any atom is 0.335 e. The average Bonchev–Trinajstić information content (AvgIpc) is 2.49. The van der Waals surface area contributed by atoms with Crippen LogP contribution in [-0.4, -0.2) is 23.8 Å². The summed E-state index contributed by atoms with van der Waals surface area (Å²) < 4.78 is 4.74. The molecule has 0 aliphatic carbocycles. The van der Waals surface area contributed by atoms with E-state index >= 15 is 0 Å². The molecule has 1 aliphatic heterocycles. The summed E-state index contributed by atoms with van der Waals surface area (Å²) in [4.78, 5) is 11.0. The summed E-state index contributed by atoms with van der Waals surface area (Å²) >= 11 is 5.94. The number of benzene rings is 1. The Bertz CT molecular complexity index is 364. The minimum atomic E-state index is -1.09. The van der Waals surface area contributed by atoms with Gasteiger partial charge in [0.2, 0.25) is 0 Å². The van der Waals surface area contributed by atoms with Crippen LogP contribution in [0.2, 0.25) is 5.02 Å². The molecule has 2 rings (SSSR count). The van der Waals surface area contributed by atoms with E-state index in [4.69, 9.17) is 16.3 Å². The minimum Gasteiger partial charge on any atom is -0.463 e. The van der Waals surface area contributed by atoms with Crippen molar-refractivity contribution < 1.29 is 14.6 Å². The monoisotopic (exact) mass is 212 g/mol. The van der Waals surface area contributed by atoms with Crippen LogP contribution in [-0.2, 0) is 9.53 Å². The molecule has 1 N–H and O–H groups in total. The van der Waals surface area contributed by atoms with Gasteiger partial charge >= 0.3 is 5.97 Å². The van der Waals surface area contributed by atoms with Crippen LogP contribution in [0, 0.1) is 0 Å². The number of ether oxygens (including phenoxy) is 1. The van der Waals surface area contributed by atoms with E-state index in [1.165, 1.54) is 0 Å². The molecule has 0 aromatic heterocycles. The zero-order valence-electron chi connectivity index (χ0n) is 7.31. The Morgan fingerprint density at radius 1 is 1.43 bits per heavy atom. The molecule has 0 spiro atoms. The molecule has 2 atom stereocenters. The Balaban J connectivity index is 2.32. The second-order valence-corrected chi connectivity index (χ2v) is 3.61. The maximum absolute atomic E-state index is 11.0. The third-order valence-electron chi connectivity index (χ3n) is 2.33. The maximum atomic E-state index is 11.0. The third-order valence-corrected chi connectivity index (χ3v) is 2.68. The highest BCUT2D eigenvalue weighted by Gasteiger charge is 2.37. The van der Waals surface area contributed by atoms with E-state index in [0.29, 0.717) is 5.02 Å². The van der Waals surface area contributed by atoms with Gasteiger partial charge in [-0.2, -0.15) is 0 Å². The van der Waals surface area contributed by atoms with Crippen LogP contribution in [0.15, 0.2) is 24.3 Å². The molecule has 14 heavy (non-hydrogen) atoms. The van der Waals surface area contributed by atoms with Gasteiger partial charge in [0.25, 0.3) is 0 Å². The zero-order chi connectivity index (χ0) is 10.1. The van der Waals surface area contributed by atoms with E-state index in [0.717, 1.165) is 5.56 Å². The van der Waals surface area contributed by atoms with E-state index in [1.807, 2.05) is 6.07 Å². The number of hydrogen-bond donors (Lipinski definition) is 1. The van der Waals surface area contributed by atoms with Gasteiger partial charge in [0.15, 0.2) is 6.10 Å².